The van der Waals surface area contributed by atoms with Gasteiger partial charge < -0.3 is 0 Å². The molecule has 0 bridgehead atoms. The summed E-state index contributed by atoms with van der Waals surface area (Å²) in [5, 5.41) is 0. The molecule has 20 heavy (non-hydrogen) atoms. The first-order valence-electron chi connectivity index (χ1n) is 6.14. The van der Waals surface area contributed by atoms with Crippen LogP contribution in [0.4, 0.5) is 5.69 Å². The van der Waals surface area contributed by atoms with Crippen molar-refractivity contribution >= 4 is 31.6 Å². The molecule has 0 unspecified atom stereocenters. The van der Waals surface area contributed by atoms with Gasteiger partial charge in [0.1, 0.15) is 0 Å². The van der Waals surface area contributed by atoms with Crippen molar-refractivity contribution in [3.8, 4) is 0 Å². The molecule has 5 heteroatoms. The topological polar surface area (TPSA) is 37.4 Å². The summed E-state index contributed by atoms with van der Waals surface area (Å²) in [6.45, 7) is 3.85. The van der Waals surface area contributed by atoms with E-state index in [1.807, 2.05) is 32.0 Å². The van der Waals surface area contributed by atoms with Crippen LogP contribution in [0.15, 0.2) is 51.8 Å². The first-order valence-corrected chi connectivity index (χ1v) is 8.37. The molecule has 0 aliphatic carbocycles. The van der Waals surface area contributed by atoms with Crippen molar-refractivity contribution in [2.75, 3.05) is 11.4 Å². The van der Waals surface area contributed by atoms with Crippen LogP contribution in [0.2, 0.25) is 0 Å². The van der Waals surface area contributed by atoms with Crippen molar-refractivity contribution in [3.05, 3.63) is 58.1 Å². The molecule has 0 atom stereocenters. The molecule has 0 radical (unpaired) electrons. The Balaban J connectivity index is 2.48. The van der Waals surface area contributed by atoms with Gasteiger partial charge in [-0.2, -0.15) is 0 Å². The lowest BCUT2D eigenvalue weighted by Gasteiger charge is -2.22. The van der Waals surface area contributed by atoms with E-state index in [1.54, 1.807) is 31.3 Å². The van der Waals surface area contributed by atoms with Gasteiger partial charge in [0, 0.05) is 11.5 Å². The van der Waals surface area contributed by atoms with Crippen LogP contribution >= 0.6 is 15.9 Å². The van der Waals surface area contributed by atoms with Crippen molar-refractivity contribution < 1.29 is 8.42 Å². The van der Waals surface area contributed by atoms with Crippen LogP contribution in [0.3, 0.4) is 0 Å². The summed E-state index contributed by atoms with van der Waals surface area (Å²) >= 11 is 3.31. The molecular formula is C15H16BrNO2S. The molecule has 0 fully saturated rings. The fraction of sp³-hybridized carbons (Fsp3) is 0.200. The number of hydrogen-bond acceptors (Lipinski definition) is 2. The zero-order valence-electron chi connectivity index (χ0n) is 11.6. The average Bonchev–Trinajstić information content (AvgIpc) is 2.41. The summed E-state index contributed by atoms with van der Waals surface area (Å²) in [6, 6.07) is 12.4. The molecule has 0 N–H and O–H groups in total. The molecule has 0 aliphatic heterocycles. The summed E-state index contributed by atoms with van der Waals surface area (Å²) in [7, 11) is -1.95. The number of aryl methyl sites for hydroxylation is 2. The van der Waals surface area contributed by atoms with Crippen LogP contribution in [0.5, 0.6) is 0 Å². The van der Waals surface area contributed by atoms with E-state index in [2.05, 4.69) is 15.9 Å². The van der Waals surface area contributed by atoms with Crippen molar-refractivity contribution in [2.24, 2.45) is 0 Å². The molecule has 0 heterocycles. The second-order valence-corrected chi connectivity index (χ2v) is 7.60. The summed E-state index contributed by atoms with van der Waals surface area (Å²) in [4.78, 5) is 0.282. The van der Waals surface area contributed by atoms with Crippen LogP contribution in [0.1, 0.15) is 11.1 Å². The lowest BCUT2D eigenvalue weighted by Crippen LogP contribution is -2.27. The molecule has 2 aromatic rings. The van der Waals surface area contributed by atoms with Crippen LogP contribution in [-0.2, 0) is 10.0 Å². The third kappa shape index (κ3) is 2.88. The Morgan fingerprint density at radius 1 is 1.00 bits per heavy atom. The molecule has 0 aromatic heterocycles. The van der Waals surface area contributed by atoms with Gasteiger partial charge in [-0.15, -0.1) is 0 Å². The minimum atomic E-state index is -3.54. The van der Waals surface area contributed by atoms with E-state index in [0.717, 1.165) is 15.6 Å². The number of nitrogens with zero attached hydrogens (tertiary/aromatic N) is 1. The zero-order chi connectivity index (χ0) is 14.9. The van der Waals surface area contributed by atoms with Gasteiger partial charge in [0.15, 0.2) is 0 Å². The highest BCUT2D eigenvalue weighted by atomic mass is 79.9. The minimum Gasteiger partial charge on any atom is -0.269 e. The number of halogens is 1. The minimum absolute atomic E-state index is 0.282. The maximum Gasteiger partial charge on any atom is 0.264 e. The van der Waals surface area contributed by atoms with Crippen molar-refractivity contribution in [1.29, 1.82) is 0 Å². The maximum absolute atomic E-state index is 12.6. The second kappa shape index (κ2) is 5.58. The molecule has 0 spiro atoms. The van der Waals surface area contributed by atoms with Gasteiger partial charge in [0.25, 0.3) is 10.0 Å². The van der Waals surface area contributed by atoms with Crippen LogP contribution in [0, 0.1) is 13.8 Å². The smallest absolute Gasteiger partial charge is 0.264 e. The van der Waals surface area contributed by atoms with Crippen molar-refractivity contribution in [2.45, 2.75) is 18.7 Å². The van der Waals surface area contributed by atoms with Crippen molar-refractivity contribution in [1.82, 2.24) is 0 Å². The summed E-state index contributed by atoms with van der Waals surface area (Å²) in [6.07, 6.45) is 0. The Morgan fingerprint density at radius 2 is 1.60 bits per heavy atom. The normalized spacial score (nSPS) is 11.4. The van der Waals surface area contributed by atoms with E-state index in [4.69, 9.17) is 0 Å². The largest absolute Gasteiger partial charge is 0.269 e. The Kier molecular flexibility index (Phi) is 4.20. The zero-order valence-corrected chi connectivity index (χ0v) is 14.0. The quantitative estimate of drug-likeness (QED) is 0.839. The Bertz CT molecular complexity index is 724. The van der Waals surface area contributed by atoms with E-state index >= 15 is 0 Å². The molecule has 106 valence electrons. The number of rotatable bonds is 3. The van der Waals surface area contributed by atoms with Gasteiger partial charge in [-0.25, -0.2) is 8.42 Å². The fourth-order valence-electron chi connectivity index (χ4n) is 1.95. The standard InChI is InChI=1S/C15H16BrNO2S/c1-11-4-5-12(2)15(10-11)17(3)20(18,19)14-8-6-13(16)7-9-14/h4-10H,1-3H3. The highest BCUT2D eigenvalue weighted by Crippen LogP contribution is 2.26. The van der Waals surface area contributed by atoms with Gasteiger partial charge in [-0.3, -0.25) is 4.31 Å². The lowest BCUT2D eigenvalue weighted by molar-refractivity contribution is 0.594. The van der Waals surface area contributed by atoms with Gasteiger partial charge in [0.05, 0.1) is 10.6 Å². The third-order valence-corrected chi connectivity index (χ3v) is 5.49. The van der Waals surface area contributed by atoms with Crippen LogP contribution in [0.25, 0.3) is 0 Å². The van der Waals surface area contributed by atoms with Crippen molar-refractivity contribution in [3.63, 3.8) is 0 Å². The highest BCUT2D eigenvalue weighted by molar-refractivity contribution is 9.10. The SMILES string of the molecule is Cc1ccc(C)c(N(C)S(=O)(=O)c2ccc(Br)cc2)c1. The number of benzene rings is 2. The van der Waals surface area contributed by atoms with E-state index in [-0.39, 0.29) is 4.90 Å². The van der Waals surface area contributed by atoms with Crippen LogP contribution < -0.4 is 4.31 Å². The molecule has 0 amide bonds. The fourth-order valence-corrected chi connectivity index (χ4v) is 3.47. The van der Waals surface area contributed by atoms with E-state index in [1.165, 1.54) is 4.31 Å². The Labute approximate surface area is 128 Å². The highest BCUT2D eigenvalue weighted by Gasteiger charge is 2.22. The van der Waals surface area contributed by atoms with Gasteiger partial charge >= 0.3 is 0 Å². The number of anilines is 1. The van der Waals surface area contributed by atoms with Crippen LogP contribution in [-0.4, -0.2) is 15.5 Å². The number of sulfonamides is 1. The maximum atomic E-state index is 12.6. The predicted octanol–water partition coefficient (Wildman–Crippen LogP) is 3.89. The lowest BCUT2D eigenvalue weighted by atomic mass is 10.1. The first-order chi connectivity index (χ1) is 9.32. The average molecular weight is 354 g/mol. The summed E-state index contributed by atoms with van der Waals surface area (Å²) < 4.78 is 27.4. The van der Waals surface area contributed by atoms with Gasteiger partial charge in [-0.1, -0.05) is 28.1 Å². The summed E-state index contributed by atoms with van der Waals surface area (Å²) in [5.74, 6) is 0. The second-order valence-electron chi connectivity index (χ2n) is 4.72. The van der Waals surface area contributed by atoms with E-state index in [0.29, 0.717) is 5.69 Å². The molecule has 2 rings (SSSR count). The first kappa shape index (κ1) is 15.1. The number of hydrogen-bond donors (Lipinski definition) is 0. The van der Waals surface area contributed by atoms with Gasteiger partial charge in [0.2, 0.25) is 0 Å². The molecule has 0 aliphatic rings. The molecule has 3 nitrogen and oxygen atoms in total. The predicted molar refractivity (Wildman–Crippen MR) is 85.6 cm³/mol. The molecule has 2 aromatic carbocycles. The summed E-state index contributed by atoms with van der Waals surface area (Å²) in [5.41, 5.74) is 2.66. The van der Waals surface area contributed by atoms with E-state index in [9.17, 15) is 8.42 Å². The Hall–Kier alpha value is -1.33. The monoisotopic (exact) mass is 353 g/mol. The third-order valence-electron chi connectivity index (χ3n) is 3.18. The molecule has 0 saturated heterocycles. The van der Waals surface area contributed by atoms with E-state index < -0.39 is 10.0 Å². The molecular weight excluding hydrogens is 338 g/mol. The Morgan fingerprint density at radius 3 is 2.20 bits per heavy atom. The van der Waals surface area contributed by atoms with Gasteiger partial charge in [-0.05, 0) is 55.3 Å². The molecule has 0 saturated carbocycles.